The lowest BCUT2D eigenvalue weighted by molar-refractivity contribution is -0.139. The van der Waals surface area contributed by atoms with Crippen LogP contribution in [0.15, 0.2) is 85.7 Å². The van der Waals surface area contributed by atoms with E-state index in [0.29, 0.717) is 37.4 Å². The number of pyridine rings is 1. The molecule has 0 aliphatic carbocycles. The highest BCUT2D eigenvalue weighted by molar-refractivity contribution is 6.00. The van der Waals surface area contributed by atoms with Gasteiger partial charge in [0.15, 0.2) is 0 Å². The number of methoxy groups -OCH3 is 1. The van der Waals surface area contributed by atoms with Gasteiger partial charge in [0.05, 0.1) is 12.7 Å². The summed E-state index contributed by atoms with van der Waals surface area (Å²) in [5, 5.41) is 0. The molecule has 1 aromatic heterocycles. The van der Waals surface area contributed by atoms with Crippen molar-refractivity contribution in [1.29, 1.82) is 0 Å². The second kappa shape index (κ2) is 10.1. The number of piperazine rings is 1. The molecule has 1 fully saturated rings. The van der Waals surface area contributed by atoms with Crippen LogP contribution in [0.5, 0.6) is 5.75 Å². The van der Waals surface area contributed by atoms with Crippen molar-refractivity contribution < 1.29 is 14.3 Å². The number of nitrogens with zero attached hydrogens (tertiary/aromatic N) is 3. The van der Waals surface area contributed by atoms with Crippen LogP contribution in [0.25, 0.3) is 11.1 Å². The van der Waals surface area contributed by atoms with Gasteiger partial charge in [0.1, 0.15) is 11.8 Å². The van der Waals surface area contributed by atoms with E-state index in [1.807, 2.05) is 48.7 Å². The van der Waals surface area contributed by atoms with E-state index in [-0.39, 0.29) is 11.8 Å². The lowest BCUT2D eigenvalue weighted by atomic mass is 9.98. The number of hydrogen-bond acceptors (Lipinski definition) is 4. The van der Waals surface area contributed by atoms with Crippen LogP contribution < -0.4 is 4.74 Å². The molecular weight excluding hydrogens is 414 g/mol. The molecule has 2 aromatic carbocycles. The summed E-state index contributed by atoms with van der Waals surface area (Å²) in [5.74, 6) is 0.236. The van der Waals surface area contributed by atoms with Gasteiger partial charge in [-0.15, -0.1) is 6.58 Å². The summed E-state index contributed by atoms with van der Waals surface area (Å²) in [5.41, 5.74) is 3.53. The Hall–Kier alpha value is -3.93. The van der Waals surface area contributed by atoms with Crippen molar-refractivity contribution in [1.82, 2.24) is 14.8 Å². The smallest absolute Gasteiger partial charge is 0.258 e. The Bertz CT molecular complexity index is 1130. The zero-order chi connectivity index (χ0) is 23.2. The minimum absolute atomic E-state index is 0.0688. The Morgan fingerprint density at radius 2 is 1.88 bits per heavy atom. The third-order valence-corrected chi connectivity index (χ3v) is 5.91. The van der Waals surface area contributed by atoms with Gasteiger partial charge in [-0.25, -0.2) is 0 Å². The molecule has 1 aliphatic heterocycles. The second-order valence-electron chi connectivity index (χ2n) is 7.93. The fourth-order valence-electron chi connectivity index (χ4n) is 4.18. The van der Waals surface area contributed by atoms with E-state index in [9.17, 15) is 9.59 Å². The molecule has 0 saturated carbocycles. The van der Waals surface area contributed by atoms with Crippen molar-refractivity contribution in [2.75, 3.05) is 26.7 Å². The SMILES string of the molecule is C=CCN1CCN(C(=O)c2ccccc2OC)[C@H](Cc2ccc(-c3cccnc3)cc2)C1=O. The molecule has 0 bridgehead atoms. The number of aromatic nitrogens is 1. The molecule has 2 amide bonds. The highest BCUT2D eigenvalue weighted by atomic mass is 16.5. The highest BCUT2D eigenvalue weighted by Gasteiger charge is 2.38. The summed E-state index contributed by atoms with van der Waals surface area (Å²) in [6, 6.07) is 18.5. The van der Waals surface area contributed by atoms with Gasteiger partial charge in [-0.3, -0.25) is 14.6 Å². The summed E-state index contributed by atoms with van der Waals surface area (Å²) in [4.78, 5) is 34.4. The van der Waals surface area contributed by atoms with Crippen LogP contribution in [0.2, 0.25) is 0 Å². The third kappa shape index (κ3) is 4.80. The maximum absolute atomic E-state index is 13.5. The van der Waals surface area contributed by atoms with Crippen LogP contribution in [0.1, 0.15) is 15.9 Å². The zero-order valence-corrected chi connectivity index (χ0v) is 18.7. The van der Waals surface area contributed by atoms with Gasteiger partial charge >= 0.3 is 0 Å². The van der Waals surface area contributed by atoms with Crippen LogP contribution in [0.4, 0.5) is 0 Å². The number of benzene rings is 2. The lowest BCUT2D eigenvalue weighted by Gasteiger charge is -2.40. The number of ether oxygens (including phenoxy) is 1. The molecule has 0 radical (unpaired) electrons. The van der Waals surface area contributed by atoms with Gasteiger partial charge < -0.3 is 14.5 Å². The maximum atomic E-state index is 13.5. The van der Waals surface area contributed by atoms with Gasteiger partial charge in [-0.1, -0.05) is 48.5 Å². The number of hydrogen-bond donors (Lipinski definition) is 0. The fraction of sp³-hybridized carbons (Fsp3) is 0.222. The predicted octanol–water partition coefficient (Wildman–Crippen LogP) is 3.84. The molecule has 0 unspecified atom stereocenters. The van der Waals surface area contributed by atoms with E-state index < -0.39 is 6.04 Å². The fourth-order valence-corrected chi connectivity index (χ4v) is 4.18. The van der Waals surface area contributed by atoms with E-state index in [1.165, 1.54) is 0 Å². The van der Waals surface area contributed by atoms with Gasteiger partial charge in [0.25, 0.3) is 5.91 Å². The number of para-hydroxylation sites is 1. The topological polar surface area (TPSA) is 62.7 Å². The summed E-state index contributed by atoms with van der Waals surface area (Å²) >= 11 is 0. The molecule has 168 valence electrons. The van der Waals surface area contributed by atoms with Crippen LogP contribution in [0, 0.1) is 0 Å². The largest absolute Gasteiger partial charge is 0.496 e. The minimum atomic E-state index is -0.597. The Morgan fingerprint density at radius 3 is 2.58 bits per heavy atom. The third-order valence-electron chi connectivity index (χ3n) is 5.91. The molecular formula is C27H27N3O3. The van der Waals surface area contributed by atoms with Crippen molar-refractivity contribution in [2.45, 2.75) is 12.5 Å². The summed E-state index contributed by atoms with van der Waals surface area (Å²) < 4.78 is 5.39. The quantitative estimate of drug-likeness (QED) is 0.523. The Morgan fingerprint density at radius 1 is 1.09 bits per heavy atom. The standard InChI is InChI=1S/C27H27N3O3/c1-3-15-29-16-17-30(26(31)23-8-4-5-9-25(23)33-2)24(27(29)32)18-20-10-12-21(13-11-20)22-7-6-14-28-19-22/h3-14,19,24H,1,15-18H2,2H3/t24-/m1/s1. The lowest BCUT2D eigenvalue weighted by Crippen LogP contribution is -2.59. The van der Waals surface area contributed by atoms with Gasteiger partial charge in [0, 0.05) is 38.4 Å². The van der Waals surface area contributed by atoms with Crippen molar-refractivity contribution in [3.63, 3.8) is 0 Å². The van der Waals surface area contributed by atoms with Crippen molar-refractivity contribution in [3.8, 4) is 16.9 Å². The zero-order valence-electron chi connectivity index (χ0n) is 18.7. The van der Waals surface area contributed by atoms with Crippen LogP contribution in [-0.2, 0) is 11.2 Å². The normalized spacial score (nSPS) is 15.9. The van der Waals surface area contributed by atoms with E-state index in [4.69, 9.17) is 4.74 Å². The molecule has 1 aliphatic rings. The van der Waals surface area contributed by atoms with Crippen molar-refractivity contribution in [3.05, 3.63) is 96.8 Å². The van der Waals surface area contributed by atoms with Crippen LogP contribution in [-0.4, -0.2) is 59.4 Å². The average molecular weight is 442 g/mol. The first kappa shape index (κ1) is 22.3. The maximum Gasteiger partial charge on any atom is 0.258 e. The Balaban J connectivity index is 1.61. The van der Waals surface area contributed by atoms with Crippen LogP contribution in [0.3, 0.4) is 0 Å². The van der Waals surface area contributed by atoms with Gasteiger partial charge in [-0.2, -0.15) is 0 Å². The van der Waals surface area contributed by atoms with Crippen molar-refractivity contribution >= 4 is 11.8 Å². The van der Waals surface area contributed by atoms with E-state index in [1.54, 1.807) is 47.4 Å². The molecule has 0 spiro atoms. The Kier molecular flexibility index (Phi) is 6.83. The van der Waals surface area contributed by atoms with E-state index in [2.05, 4.69) is 11.6 Å². The monoisotopic (exact) mass is 441 g/mol. The van der Waals surface area contributed by atoms with Crippen molar-refractivity contribution in [2.24, 2.45) is 0 Å². The van der Waals surface area contributed by atoms with E-state index >= 15 is 0 Å². The number of amides is 2. The molecule has 4 rings (SSSR count). The number of carbonyl (C=O) groups is 2. The van der Waals surface area contributed by atoms with Crippen LogP contribution >= 0.6 is 0 Å². The second-order valence-corrected chi connectivity index (χ2v) is 7.93. The average Bonchev–Trinajstić information content (AvgIpc) is 2.87. The van der Waals surface area contributed by atoms with Gasteiger partial charge in [0.2, 0.25) is 5.91 Å². The van der Waals surface area contributed by atoms with E-state index in [0.717, 1.165) is 16.7 Å². The Labute approximate surface area is 194 Å². The molecule has 6 heteroatoms. The highest BCUT2D eigenvalue weighted by Crippen LogP contribution is 2.25. The number of rotatable bonds is 7. The predicted molar refractivity (Wildman–Crippen MR) is 128 cm³/mol. The minimum Gasteiger partial charge on any atom is -0.496 e. The summed E-state index contributed by atoms with van der Waals surface area (Å²) in [7, 11) is 1.54. The summed E-state index contributed by atoms with van der Waals surface area (Å²) in [6.45, 7) is 5.16. The molecule has 6 nitrogen and oxygen atoms in total. The van der Waals surface area contributed by atoms with Gasteiger partial charge in [-0.05, 0) is 34.9 Å². The molecule has 1 atom stereocenters. The summed E-state index contributed by atoms with van der Waals surface area (Å²) in [6.07, 6.45) is 5.71. The first-order valence-electron chi connectivity index (χ1n) is 11.0. The first-order chi connectivity index (χ1) is 16.1. The molecule has 33 heavy (non-hydrogen) atoms. The molecule has 0 N–H and O–H groups in total. The molecule has 1 saturated heterocycles. The molecule has 3 aromatic rings. The first-order valence-corrected chi connectivity index (χ1v) is 11.0. The molecule has 2 heterocycles. The number of carbonyl (C=O) groups excluding carboxylic acids is 2.